The summed E-state index contributed by atoms with van der Waals surface area (Å²) in [6.07, 6.45) is 1.77. The fraction of sp³-hybridized carbons (Fsp3) is 0. The van der Waals surface area contributed by atoms with Crippen molar-refractivity contribution >= 4 is 18.1 Å². The summed E-state index contributed by atoms with van der Waals surface area (Å²) in [6.45, 7) is 0. The molecule has 0 spiro atoms. The fourth-order valence-electron chi connectivity index (χ4n) is 1.03. The van der Waals surface area contributed by atoms with Gasteiger partial charge in [0, 0.05) is 0 Å². The van der Waals surface area contributed by atoms with Gasteiger partial charge in [-0.05, 0) is 23.8 Å². The second-order valence-corrected chi connectivity index (χ2v) is 2.93. The maximum atomic E-state index is 11.1. The Morgan fingerprint density at radius 2 is 2.06 bits per heavy atom. The molecule has 0 saturated heterocycles. The molecule has 16 heavy (non-hydrogen) atoms. The van der Waals surface area contributed by atoms with E-state index in [1.54, 1.807) is 6.07 Å². The van der Waals surface area contributed by atoms with Gasteiger partial charge in [-0.2, -0.15) is 5.26 Å². The van der Waals surface area contributed by atoms with Crippen LogP contribution in [0.4, 0.5) is 0 Å². The SMILES string of the molecule is N#CC(=Cc1ccc(O)c(O)c1)C(=O)C=N. The zero-order valence-corrected chi connectivity index (χ0v) is 8.14. The van der Waals surface area contributed by atoms with E-state index in [2.05, 4.69) is 0 Å². The number of rotatable bonds is 3. The lowest BCUT2D eigenvalue weighted by atomic mass is 10.1. The third-order valence-electron chi connectivity index (χ3n) is 1.83. The number of carbonyl (C=O) groups excluding carboxylic acids is 1. The van der Waals surface area contributed by atoms with Crippen LogP contribution in [0.15, 0.2) is 23.8 Å². The molecule has 5 nitrogen and oxygen atoms in total. The first-order valence-electron chi connectivity index (χ1n) is 4.27. The van der Waals surface area contributed by atoms with E-state index in [4.69, 9.17) is 15.8 Å². The maximum Gasteiger partial charge on any atom is 0.213 e. The molecule has 1 rings (SSSR count). The summed E-state index contributed by atoms with van der Waals surface area (Å²) in [6, 6.07) is 5.54. The van der Waals surface area contributed by atoms with Crippen LogP contribution in [0.2, 0.25) is 0 Å². The summed E-state index contributed by atoms with van der Waals surface area (Å²) in [5.74, 6) is -1.34. The van der Waals surface area contributed by atoms with Gasteiger partial charge in [-0.3, -0.25) is 4.79 Å². The van der Waals surface area contributed by atoms with Crippen molar-refractivity contribution in [2.45, 2.75) is 0 Å². The highest BCUT2D eigenvalue weighted by Crippen LogP contribution is 2.25. The van der Waals surface area contributed by atoms with Gasteiger partial charge < -0.3 is 15.6 Å². The lowest BCUT2D eigenvalue weighted by Crippen LogP contribution is -2.00. The Labute approximate surface area is 91.4 Å². The number of nitrogens with one attached hydrogen (secondary N) is 1. The largest absolute Gasteiger partial charge is 0.504 e. The molecule has 0 aliphatic carbocycles. The van der Waals surface area contributed by atoms with E-state index in [9.17, 15) is 9.90 Å². The zero-order valence-electron chi connectivity index (χ0n) is 8.14. The zero-order chi connectivity index (χ0) is 12.1. The summed E-state index contributed by atoms with van der Waals surface area (Å²) in [5.41, 5.74) is 0.183. The predicted octanol–water partition coefficient (Wildman–Crippen LogP) is 1.22. The van der Waals surface area contributed by atoms with Crippen LogP contribution in [0.3, 0.4) is 0 Å². The average Bonchev–Trinajstić information content (AvgIpc) is 2.29. The molecule has 80 valence electrons. The summed E-state index contributed by atoms with van der Waals surface area (Å²) in [7, 11) is 0. The van der Waals surface area contributed by atoms with Crippen molar-refractivity contribution in [1.82, 2.24) is 0 Å². The Morgan fingerprint density at radius 3 is 2.56 bits per heavy atom. The van der Waals surface area contributed by atoms with Crippen LogP contribution in [-0.2, 0) is 4.79 Å². The van der Waals surface area contributed by atoms with Crippen molar-refractivity contribution < 1.29 is 15.0 Å². The molecular weight excluding hydrogens is 208 g/mol. The molecule has 0 aliphatic heterocycles. The van der Waals surface area contributed by atoms with Crippen LogP contribution >= 0.6 is 0 Å². The first-order chi connectivity index (χ1) is 7.58. The third kappa shape index (κ3) is 2.45. The summed E-state index contributed by atoms with van der Waals surface area (Å²) >= 11 is 0. The standard InChI is InChI=1S/C11H8N2O3/c12-5-8(11(16)6-13)3-7-1-2-9(14)10(15)4-7/h1-4,6,13-15H. The van der Waals surface area contributed by atoms with Crippen LogP contribution in [-0.4, -0.2) is 22.2 Å². The molecule has 0 saturated carbocycles. The van der Waals surface area contributed by atoms with Crippen LogP contribution in [0.1, 0.15) is 5.56 Å². The molecule has 1 aromatic carbocycles. The van der Waals surface area contributed by atoms with Gasteiger partial charge in [0.25, 0.3) is 0 Å². The number of allylic oxidation sites excluding steroid dienone is 1. The first kappa shape index (κ1) is 11.5. The van der Waals surface area contributed by atoms with Gasteiger partial charge in [0.05, 0.1) is 6.21 Å². The van der Waals surface area contributed by atoms with Gasteiger partial charge in [-0.15, -0.1) is 0 Å². The number of carbonyl (C=O) groups is 1. The van der Waals surface area contributed by atoms with Crippen LogP contribution in [0.5, 0.6) is 11.5 Å². The molecular formula is C11H8N2O3. The van der Waals surface area contributed by atoms with E-state index in [0.29, 0.717) is 11.8 Å². The van der Waals surface area contributed by atoms with Crippen molar-refractivity contribution in [3.05, 3.63) is 29.3 Å². The van der Waals surface area contributed by atoms with Crippen molar-refractivity contribution in [3.8, 4) is 17.6 Å². The molecule has 0 atom stereocenters. The molecule has 0 aliphatic rings. The molecule has 0 fully saturated rings. The number of nitriles is 1. The topological polar surface area (TPSA) is 105 Å². The van der Waals surface area contributed by atoms with Gasteiger partial charge >= 0.3 is 0 Å². The molecule has 3 N–H and O–H groups in total. The van der Waals surface area contributed by atoms with Gasteiger partial charge in [-0.1, -0.05) is 6.07 Å². The van der Waals surface area contributed by atoms with Crippen molar-refractivity contribution in [2.75, 3.05) is 0 Å². The number of hydrogen-bond donors (Lipinski definition) is 3. The average molecular weight is 216 g/mol. The number of phenolic OH excluding ortho intramolecular Hbond substituents is 2. The monoisotopic (exact) mass is 216 g/mol. The van der Waals surface area contributed by atoms with E-state index in [-0.39, 0.29) is 17.1 Å². The highest BCUT2D eigenvalue weighted by Gasteiger charge is 2.06. The molecule has 5 heteroatoms. The normalized spacial score (nSPS) is 10.6. The molecule has 0 amide bonds. The maximum absolute atomic E-state index is 11.1. The fourth-order valence-corrected chi connectivity index (χ4v) is 1.03. The minimum atomic E-state index is -0.713. The van der Waals surface area contributed by atoms with Gasteiger partial charge in [0.2, 0.25) is 5.78 Å². The van der Waals surface area contributed by atoms with Crippen molar-refractivity contribution in [2.24, 2.45) is 0 Å². The van der Waals surface area contributed by atoms with Crippen LogP contribution in [0.25, 0.3) is 6.08 Å². The van der Waals surface area contributed by atoms with Crippen molar-refractivity contribution in [3.63, 3.8) is 0 Å². The quantitative estimate of drug-likeness (QED) is 0.305. The highest BCUT2D eigenvalue weighted by molar-refractivity contribution is 6.36. The molecule has 0 radical (unpaired) electrons. The van der Waals surface area contributed by atoms with E-state index >= 15 is 0 Å². The van der Waals surface area contributed by atoms with E-state index < -0.39 is 5.78 Å². The van der Waals surface area contributed by atoms with E-state index in [1.165, 1.54) is 24.3 Å². The van der Waals surface area contributed by atoms with Gasteiger partial charge in [0.15, 0.2) is 11.5 Å². The second-order valence-electron chi connectivity index (χ2n) is 2.93. The molecule has 0 aromatic heterocycles. The Morgan fingerprint density at radius 1 is 1.38 bits per heavy atom. The number of nitrogens with zero attached hydrogens (tertiary/aromatic N) is 1. The summed E-state index contributed by atoms with van der Waals surface area (Å²) in [4.78, 5) is 11.1. The number of phenols is 2. The molecule has 0 unspecified atom stereocenters. The van der Waals surface area contributed by atoms with Gasteiger partial charge in [0.1, 0.15) is 11.6 Å². The first-order valence-corrected chi connectivity index (χ1v) is 4.27. The Kier molecular flexibility index (Phi) is 3.41. The smallest absolute Gasteiger partial charge is 0.213 e. The minimum Gasteiger partial charge on any atom is -0.504 e. The Hall–Kier alpha value is -2.61. The summed E-state index contributed by atoms with van der Waals surface area (Å²) in [5, 5.41) is 33.6. The molecule has 0 bridgehead atoms. The Bertz CT molecular complexity index is 512. The van der Waals surface area contributed by atoms with Crippen LogP contribution in [0, 0.1) is 16.7 Å². The lowest BCUT2D eigenvalue weighted by Gasteiger charge is -1.99. The predicted molar refractivity (Wildman–Crippen MR) is 57.2 cm³/mol. The number of Topliss-reactive ketones (excluding diaryl/α,β-unsaturated/α-hetero) is 1. The highest BCUT2D eigenvalue weighted by atomic mass is 16.3. The van der Waals surface area contributed by atoms with E-state index in [0.717, 1.165) is 0 Å². The summed E-state index contributed by atoms with van der Waals surface area (Å²) < 4.78 is 0. The Balaban J connectivity index is 3.15. The number of hydrogen-bond acceptors (Lipinski definition) is 5. The molecule has 1 aromatic rings. The van der Waals surface area contributed by atoms with Crippen LogP contribution < -0.4 is 0 Å². The van der Waals surface area contributed by atoms with E-state index in [1.807, 2.05) is 0 Å². The number of ketones is 1. The molecule has 0 heterocycles. The number of benzene rings is 1. The second kappa shape index (κ2) is 4.75. The number of aromatic hydroxyl groups is 2. The van der Waals surface area contributed by atoms with Crippen molar-refractivity contribution in [1.29, 1.82) is 10.7 Å². The van der Waals surface area contributed by atoms with Gasteiger partial charge in [-0.25, -0.2) is 0 Å². The lowest BCUT2D eigenvalue weighted by molar-refractivity contribution is -0.109. The minimum absolute atomic E-state index is 0.208. The third-order valence-corrected chi connectivity index (χ3v) is 1.83.